The summed E-state index contributed by atoms with van der Waals surface area (Å²) < 4.78 is 5.23. The van der Waals surface area contributed by atoms with Crippen molar-refractivity contribution in [3.8, 4) is 0 Å². The van der Waals surface area contributed by atoms with Crippen molar-refractivity contribution in [1.29, 1.82) is 0 Å². The average molecular weight is 322 g/mol. The Kier molecular flexibility index (Phi) is 3.56. The molecule has 1 fully saturated rings. The van der Waals surface area contributed by atoms with Gasteiger partial charge in [-0.05, 0) is 37.3 Å². The lowest BCUT2D eigenvalue weighted by Gasteiger charge is -2.39. The molecule has 4 heteroatoms. The van der Waals surface area contributed by atoms with Crippen molar-refractivity contribution in [3.63, 3.8) is 0 Å². The first-order chi connectivity index (χ1) is 11.6. The highest BCUT2D eigenvalue weighted by Gasteiger charge is 2.39. The third kappa shape index (κ3) is 2.20. The molecule has 24 heavy (non-hydrogen) atoms. The molecule has 1 aliphatic carbocycles. The van der Waals surface area contributed by atoms with Gasteiger partial charge in [0, 0.05) is 18.5 Å². The lowest BCUT2D eigenvalue weighted by molar-refractivity contribution is 0.0687. The van der Waals surface area contributed by atoms with Crippen LogP contribution in [0.2, 0.25) is 0 Å². The number of likely N-dealkylation sites (tertiary alicyclic amines) is 1. The van der Waals surface area contributed by atoms with Crippen molar-refractivity contribution in [2.24, 2.45) is 0 Å². The van der Waals surface area contributed by atoms with Crippen molar-refractivity contribution in [2.45, 2.75) is 38.5 Å². The van der Waals surface area contributed by atoms with Crippen molar-refractivity contribution in [3.05, 3.63) is 58.5 Å². The monoisotopic (exact) mass is 322 g/mol. The molecule has 0 bridgehead atoms. The van der Waals surface area contributed by atoms with Gasteiger partial charge in [-0.2, -0.15) is 0 Å². The Labute approximate surface area is 142 Å². The maximum atomic E-state index is 12.9. The number of allylic oxidation sites excluding steroid dienone is 1. The molecule has 124 valence electrons. The van der Waals surface area contributed by atoms with Gasteiger partial charge >= 0.3 is 0 Å². The average Bonchev–Trinajstić information content (AvgIpc) is 3.17. The third-order valence-corrected chi connectivity index (χ3v) is 5.50. The van der Waals surface area contributed by atoms with Crippen LogP contribution < -0.4 is 0 Å². The number of aryl methyl sites for hydroxylation is 2. The second kappa shape index (κ2) is 5.62. The Morgan fingerprint density at radius 3 is 2.79 bits per heavy atom. The number of piperidine rings is 1. The van der Waals surface area contributed by atoms with Crippen LogP contribution in [-0.2, 0) is 11.8 Å². The van der Waals surface area contributed by atoms with Crippen LogP contribution in [0.5, 0.6) is 0 Å². The van der Waals surface area contributed by atoms with Crippen molar-refractivity contribution in [2.75, 3.05) is 13.1 Å². The van der Waals surface area contributed by atoms with Gasteiger partial charge in [-0.1, -0.05) is 48.5 Å². The summed E-state index contributed by atoms with van der Waals surface area (Å²) in [5.41, 5.74) is 4.26. The Morgan fingerprint density at radius 2 is 2.04 bits per heavy atom. The molecule has 1 aromatic carbocycles. The van der Waals surface area contributed by atoms with Gasteiger partial charge in [0.15, 0.2) is 0 Å². The summed E-state index contributed by atoms with van der Waals surface area (Å²) in [5.74, 6) is 0.693. The molecule has 1 spiro atoms. The molecule has 1 aromatic heterocycles. The van der Waals surface area contributed by atoms with E-state index in [0.29, 0.717) is 17.7 Å². The van der Waals surface area contributed by atoms with Crippen molar-refractivity contribution >= 4 is 12.0 Å². The van der Waals surface area contributed by atoms with E-state index >= 15 is 0 Å². The number of amides is 1. The number of nitrogens with zero attached hydrogens (tertiary/aromatic N) is 2. The normalized spacial score (nSPS) is 18.2. The van der Waals surface area contributed by atoms with Crippen molar-refractivity contribution < 1.29 is 9.32 Å². The fourth-order valence-electron chi connectivity index (χ4n) is 4.07. The molecular formula is C20H22N2O2. The number of aromatic nitrogens is 1. The molecule has 1 saturated heterocycles. The van der Waals surface area contributed by atoms with Crippen LogP contribution in [-0.4, -0.2) is 29.1 Å². The topological polar surface area (TPSA) is 46.3 Å². The van der Waals surface area contributed by atoms with E-state index in [9.17, 15) is 4.79 Å². The zero-order valence-corrected chi connectivity index (χ0v) is 14.2. The van der Waals surface area contributed by atoms with Crippen LogP contribution in [0.1, 0.15) is 52.7 Å². The number of hydrogen-bond acceptors (Lipinski definition) is 3. The van der Waals surface area contributed by atoms with Crippen LogP contribution in [0.15, 0.2) is 34.9 Å². The summed E-state index contributed by atoms with van der Waals surface area (Å²) >= 11 is 0. The molecule has 4 nitrogen and oxygen atoms in total. The molecule has 1 amide bonds. The third-order valence-electron chi connectivity index (χ3n) is 5.50. The van der Waals surface area contributed by atoms with Crippen LogP contribution in [0.3, 0.4) is 0 Å². The highest BCUT2D eigenvalue weighted by molar-refractivity contribution is 5.96. The summed E-state index contributed by atoms with van der Waals surface area (Å²) in [7, 11) is 0. The largest absolute Gasteiger partial charge is 0.361 e. The molecule has 2 aromatic rings. The smallest absolute Gasteiger partial charge is 0.259 e. The Bertz CT molecular complexity index is 811. The van der Waals surface area contributed by atoms with Gasteiger partial charge in [0.1, 0.15) is 11.3 Å². The predicted molar refractivity (Wildman–Crippen MR) is 92.9 cm³/mol. The van der Waals surface area contributed by atoms with Crippen LogP contribution in [0, 0.1) is 6.92 Å². The van der Waals surface area contributed by atoms with E-state index in [-0.39, 0.29) is 11.3 Å². The number of hydrogen-bond donors (Lipinski definition) is 0. The van der Waals surface area contributed by atoms with E-state index in [4.69, 9.17) is 4.52 Å². The summed E-state index contributed by atoms with van der Waals surface area (Å²) in [6.07, 6.45) is 7.22. The summed E-state index contributed by atoms with van der Waals surface area (Å²) in [6.45, 7) is 5.36. The minimum absolute atomic E-state index is 0.0655. The zero-order valence-electron chi connectivity index (χ0n) is 14.2. The fraction of sp³-hybridized carbons (Fsp3) is 0.400. The van der Waals surface area contributed by atoms with Gasteiger partial charge in [-0.25, -0.2) is 0 Å². The standard InChI is InChI=1S/C20H22N2O2/c1-3-17-18(14(2)24-21-17)19(23)22-12-10-20(11-13-22)9-8-15-6-4-5-7-16(15)20/h4-9H,3,10-13H2,1-2H3. The van der Waals surface area contributed by atoms with Crippen LogP contribution >= 0.6 is 0 Å². The second-order valence-electron chi connectivity index (χ2n) is 6.78. The summed E-state index contributed by atoms with van der Waals surface area (Å²) in [6, 6.07) is 8.60. The highest BCUT2D eigenvalue weighted by Crippen LogP contribution is 2.43. The number of carbonyl (C=O) groups excluding carboxylic acids is 1. The van der Waals surface area contributed by atoms with Crippen LogP contribution in [0.4, 0.5) is 0 Å². The van der Waals surface area contributed by atoms with Gasteiger partial charge in [0.25, 0.3) is 5.91 Å². The highest BCUT2D eigenvalue weighted by atomic mass is 16.5. The molecule has 0 N–H and O–H groups in total. The lowest BCUT2D eigenvalue weighted by atomic mass is 9.74. The van der Waals surface area contributed by atoms with Crippen molar-refractivity contribution in [1.82, 2.24) is 10.1 Å². The lowest BCUT2D eigenvalue weighted by Crippen LogP contribution is -2.44. The maximum absolute atomic E-state index is 12.9. The zero-order chi connectivity index (χ0) is 16.7. The molecule has 2 aliphatic rings. The quantitative estimate of drug-likeness (QED) is 0.846. The van der Waals surface area contributed by atoms with Gasteiger partial charge in [-0.3, -0.25) is 4.79 Å². The van der Waals surface area contributed by atoms with E-state index in [1.165, 1.54) is 11.1 Å². The SMILES string of the molecule is CCc1noc(C)c1C(=O)N1CCC2(C=Cc3ccccc32)CC1. The van der Waals surface area contributed by atoms with E-state index in [0.717, 1.165) is 31.6 Å². The first-order valence-electron chi connectivity index (χ1n) is 8.68. The summed E-state index contributed by atoms with van der Waals surface area (Å²) in [5, 5.41) is 4.02. The van der Waals surface area contributed by atoms with Gasteiger partial charge < -0.3 is 9.42 Å². The van der Waals surface area contributed by atoms with Gasteiger partial charge in [-0.15, -0.1) is 0 Å². The predicted octanol–water partition coefficient (Wildman–Crippen LogP) is 3.75. The first-order valence-corrected chi connectivity index (χ1v) is 8.68. The molecule has 0 atom stereocenters. The maximum Gasteiger partial charge on any atom is 0.259 e. The number of benzene rings is 1. The number of carbonyl (C=O) groups is 1. The van der Waals surface area contributed by atoms with E-state index in [1.807, 2.05) is 18.7 Å². The Hall–Kier alpha value is -2.36. The molecular weight excluding hydrogens is 300 g/mol. The molecule has 0 saturated carbocycles. The molecule has 1 aliphatic heterocycles. The van der Waals surface area contributed by atoms with E-state index in [2.05, 4.69) is 41.6 Å². The number of fused-ring (bicyclic) bond motifs is 2. The van der Waals surface area contributed by atoms with Crippen LogP contribution in [0.25, 0.3) is 6.08 Å². The molecule has 0 unspecified atom stereocenters. The fourth-order valence-corrected chi connectivity index (χ4v) is 4.07. The molecule has 4 rings (SSSR count). The Morgan fingerprint density at radius 1 is 1.29 bits per heavy atom. The summed E-state index contributed by atoms with van der Waals surface area (Å²) in [4.78, 5) is 14.9. The minimum atomic E-state index is 0.0655. The van der Waals surface area contributed by atoms with E-state index < -0.39 is 0 Å². The molecule has 0 radical (unpaired) electrons. The number of rotatable bonds is 2. The Balaban J connectivity index is 1.54. The first kappa shape index (κ1) is 15.2. The van der Waals surface area contributed by atoms with Gasteiger partial charge in [0.05, 0.1) is 5.69 Å². The second-order valence-corrected chi connectivity index (χ2v) is 6.78. The molecule has 2 heterocycles. The van der Waals surface area contributed by atoms with E-state index in [1.54, 1.807) is 0 Å². The minimum Gasteiger partial charge on any atom is -0.361 e. The van der Waals surface area contributed by atoms with Gasteiger partial charge in [0.2, 0.25) is 0 Å².